The normalized spacial score (nSPS) is 15.7. The zero-order chi connectivity index (χ0) is 18.7. The van der Waals surface area contributed by atoms with Gasteiger partial charge in [0.05, 0.1) is 11.4 Å². The molecule has 1 aliphatic rings. The summed E-state index contributed by atoms with van der Waals surface area (Å²) >= 11 is 1.63. The number of thiophene rings is 1. The number of hydrogen-bond acceptors (Lipinski definition) is 5. The van der Waals surface area contributed by atoms with Crippen molar-refractivity contribution in [1.82, 2.24) is 20.5 Å². The van der Waals surface area contributed by atoms with Gasteiger partial charge in [-0.2, -0.15) is 0 Å². The lowest BCUT2D eigenvalue weighted by Gasteiger charge is -2.20. The summed E-state index contributed by atoms with van der Waals surface area (Å²) < 4.78 is 5.56. The minimum atomic E-state index is 0. The van der Waals surface area contributed by atoms with E-state index in [9.17, 15) is 0 Å². The third-order valence-electron chi connectivity index (χ3n) is 4.67. The minimum Gasteiger partial charge on any atom is -0.443 e. The second-order valence-electron chi connectivity index (χ2n) is 6.85. The predicted molar refractivity (Wildman–Crippen MR) is 128 cm³/mol. The van der Waals surface area contributed by atoms with Crippen molar-refractivity contribution < 1.29 is 4.42 Å². The molecular formula is C20H32IN5OS. The Balaban J connectivity index is 0.00000280. The highest BCUT2D eigenvalue weighted by Crippen LogP contribution is 2.23. The Morgan fingerprint density at radius 3 is 2.79 bits per heavy atom. The SMILES string of the molecule is CCNC(=NCc1coc(-c2cccs2)n1)NCCCN1CCCCCC1.I. The average molecular weight is 517 g/mol. The van der Waals surface area contributed by atoms with Crippen LogP contribution in [-0.2, 0) is 6.54 Å². The molecule has 2 aromatic rings. The molecule has 0 aromatic carbocycles. The Kier molecular flexibility index (Phi) is 10.9. The van der Waals surface area contributed by atoms with Crippen LogP contribution in [0.3, 0.4) is 0 Å². The summed E-state index contributed by atoms with van der Waals surface area (Å²) in [5, 5.41) is 8.76. The molecule has 156 valence electrons. The van der Waals surface area contributed by atoms with Crippen LogP contribution in [0.5, 0.6) is 0 Å². The minimum absolute atomic E-state index is 0. The van der Waals surface area contributed by atoms with Crippen molar-refractivity contribution >= 4 is 41.3 Å². The number of nitrogens with one attached hydrogen (secondary N) is 2. The monoisotopic (exact) mass is 517 g/mol. The molecule has 2 aromatic heterocycles. The highest BCUT2D eigenvalue weighted by molar-refractivity contribution is 14.0. The van der Waals surface area contributed by atoms with Crippen molar-refractivity contribution in [3.05, 3.63) is 29.5 Å². The molecule has 28 heavy (non-hydrogen) atoms. The van der Waals surface area contributed by atoms with Crippen molar-refractivity contribution in [3.8, 4) is 10.8 Å². The summed E-state index contributed by atoms with van der Waals surface area (Å²) in [6.07, 6.45) is 8.31. The summed E-state index contributed by atoms with van der Waals surface area (Å²) in [7, 11) is 0. The fraction of sp³-hybridized carbons (Fsp3) is 0.600. The van der Waals surface area contributed by atoms with E-state index in [1.165, 1.54) is 45.3 Å². The first-order valence-corrected chi connectivity index (χ1v) is 11.0. The van der Waals surface area contributed by atoms with E-state index in [0.717, 1.165) is 36.0 Å². The number of rotatable bonds is 8. The number of halogens is 1. The molecular weight excluding hydrogens is 485 g/mol. The highest BCUT2D eigenvalue weighted by atomic mass is 127. The van der Waals surface area contributed by atoms with Crippen LogP contribution in [0.1, 0.15) is 44.7 Å². The number of oxazole rings is 1. The third kappa shape index (κ3) is 7.71. The van der Waals surface area contributed by atoms with Crippen molar-refractivity contribution in [1.29, 1.82) is 0 Å². The fourth-order valence-electron chi connectivity index (χ4n) is 3.26. The van der Waals surface area contributed by atoms with Crippen LogP contribution >= 0.6 is 35.3 Å². The van der Waals surface area contributed by atoms with Crippen molar-refractivity contribution in [2.45, 2.75) is 45.6 Å². The quantitative estimate of drug-likeness (QED) is 0.236. The van der Waals surface area contributed by atoms with E-state index in [-0.39, 0.29) is 24.0 Å². The molecule has 3 heterocycles. The van der Waals surface area contributed by atoms with E-state index in [2.05, 4.69) is 32.4 Å². The average Bonchev–Trinajstić information content (AvgIpc) is 3.31. The van der Waals surface area contributed by atoms with E-state index < -0.39 is 0 Å². The molecule has 2 N–H and O–H groups in total. The van der Waals surface area contributed by atoms with Crippen LogP contribution in [0.2, 0.25) is 0 Å². The molecule has 8 heteroatoms. The Morgan fingerprint density at radius 1 is 1.25 bits per heavy atom. The van der Waals surface area contributed by atoms with Gasteiger partial charge in [0.1, 0.15) is 12.0 Å². The van der Waals surface area contributed by atoms with Gasteiger partial charge < -0.3 is 20.0 Å². The van der Waals surface area contributed by atoms with Gasteiger partial charge in [-0.1, -0.05) is 18.9 Å². The highest BCUT2D eigenvalue weighted by Gasteiger charge is 2.09. The first-order valence-electron chi connectivity index (χ1n) is 10.1. The lowest BCUT2D eigenvalue weighted by atomic mass is 10.2. The van der Waals surface area contributed by atoms with E-state index >= 15 is 0 Å². The third-order valence-corrected chi connectivity index (χ3v) is 5.53. The number of guanidine groups is 1. The molecule has 1 aliphatic heterocycles. The first-order chi connectivity index (χ1) is 13.3. The summed E-state index contributed by atoms with van der Waals surface area (Å²) in [5.74, 6) is 1.51. The Morgan fingerprint density at radius 2 is 2.07 bits per heavy atom. The van der Waals surface area contributed by atoms with Crippen LogP contribution in [-0.4, -0.2) is 48.6 Å². The van der Waals surface area contributed by atoms with Gasteiger partial charge in [-0.25, -0.2) is 9.98 Å². The summed E-state index contributed by atoms with van der Waals surface area (Å²) in [6, 6.07) is 4.01. The molecule has 3 rings (SSSR count). The van der Waals surface area contributed by atoms with E-state index in [4.69, 9.17) is 4.42 Å². The lowest BCUT2D eigenvalue weighted by molar-refractivity contribution is 0.282. The summed E-state index contributed by atoms with van der Waals surface area (Å²) in [4.78, 5) is 12.8. The lowest BCUT2D eigenvalue weighted by Crippen LogP contribution is -2.39. The fourth-order valence-corrected chi connectivity index (χ4v) is 3.92. The molecule has 0 atom stereocenters. The molecule has 0 spiro atoms. The number of hydrogen-bond donors (Lipinski definition) is 2. The van der Waals surface area contributed by atoms with Crippen LogP contribution in [0, 0.1) is 0 Å². The molecule has 6 nitrogen and oxygen atoms in total. The van der Waals surface area contributed by atoms with Crippen molar-refractivity contribution in [2.24, 2.45) is 4.99 Å². The van der Waals surface area contributed by atoms with Crippen LogP contribution in [0.4, 0.5) is 0 Å². The molecule has 0 amide bonds. The van der Waals surface area contributed by atoms with Crippen LogP contribution in [0.15, 0.2) is 33.2 Å². The zero-order valence-electron chi connectivity index (χ0n) is 16.7. The van der Waals surface area contributed by atoms with Gasteiger partial charge >= 0.3 is 0 Å². The zero-order valence-corrected chi connectivity index (χ0v) is 19.8. The van der Waals surface area contributed by atoms with Gasteiger partial charge in [0.15, 0.2) is 5.96 Å². The van der Waals surface area contributed by atoms with Gasteiger partial charge in [0.2, 0.25) is 5.89 Å². The summed E-state index contributed by atoms with van der Waals surface area (Å²) in [6.45, 7) is 8.05. The van der Waals surface area contributed by atoms with Crippen LogP contribution in [0.25, 0.3) is 10.8 Å². The Labute approximate surface area is 189 Å². The maximum absolute atomic E-state index is 5.56. The summed E-state index contributed by atoms with van der Waals surface area (Å²) in [5.41, 5.74) is 0.847. The molecule has 0 unspecified atom stereocenters. The second kappa shape index (κ2) is 13.2. The van der Waals surface area contributed by atoms with E-state index in [1.54, 1.807) is 17.6 Å². The van der Waals surface area contributed by atoms with Gasteiger partial charge in [0, 0.05) is 13.1 Å². The molecule has 0 saturated carbocycles. The topological polar surface area (TPSA) is 65.7 Å². The maximum Gasteiger partial charge on any atom is 0.236 e. The molecule has 0 aliphatic carbocycles. The predicted octanol–water partition coefficient (Wildman–Crippen LogP) is 4.34. The van der Waals surface area contributed by atoms with Gasteiger partial charge in [-0.15, -0.1) is 35.3 Å². The van der Waals surface area contributed by atoms with Crippen molar-refractivity contribution in [2.75, 3.05) is 32.7 Å². The Hall–Kier alpha value is -1.13. The number of nitrogens with zero attached hydrogens (tertiary/aromatic N) is 3. The number of likely N-dealkylation sites (tertiary alicyclic amines) is 1. The van der Waals surface area contributed by atoms with Gasteiger partial charge in [0.25, 0.3) is 0 Å². The second-order valence-corrected chi connectivity index (χ2v) is 7.80. The van der Waals surface area contributed by atoms with Crippen molar-refractivity contribution in [3.63, 3.8) is 0 Å². The standard InChI is InChI=1S/C20H31N5OS.HI/c1-2-21-20(22-10-8-13-25-11-5-3-4-6-12-25)23-15-17-16-26-19(24-17)18-9-7-14-27-18;/h7,9,14,16H,2-6,8,10-13,15H2,1H3,(H2,21,22,23);1H. The number of aliphatic imine (C=N–C) groups is 1. The Bertz CT molecular complexity index is 681. The number of aromatic nitrogens is 1. The van der Waals surface area contributed by atoms with Gasteiger partial charge in [-0.05, 0) is 57.3 Å². The first kappa shape index (κ1) is 23.2. The van der Waals surface area contributed by atoms with E-state index in [0.29, 0.717) is 12.4 Å². The van der Waals surface area contributed by atoms with Gasteiger partial charge in [-0.3, -0.25) is 0 Å². The molecule has 0 bridgehead atoms. The van der Waals surface area contributed by atoms with E-state index in [1.807, 2.05) is 17.5 Å². The molecule has 1 saturated heterocycles. The molecule has 0 radical (unpaired) electrons. The molecule has 1 fully saturated rings. The maximum atomic E-state index is 5.56. The smallest absolute Gasteiger partial charge is 0.236 e. The largest absolute Gasteiger partial charge is 0.443 e. The van der Waals surface area contributed by atoms with Crippen LogP contribution < -0.4 is 10.6 Å².